The van der Waals surface area contributed by atoms with Gasteiger partial charge in [-0.2, -0.15) is 5.06 Å². The van der Waals surface area contributed by atoms with Crippen molar-refractivity contribution in [3.8, 4) is 0 Å². The predicted molar refractivity (Wildman–Crippen MR) is 103 cm³/mol. The highest BCUT2D eigenvalue weighted by Crippen LogP contribution is 2.25. The van der Waals surface area contributed by atoms with E-state index >= 15 is 0 Å². The lowest BCUT2D eigenvalue weighted by Gasteiger charge is -2.41. The van der Waals surface area contributed by atoms with Crippen molar-refractivity contribution >= 4 is 34.0 Å². The molecule has 0 bridgehead atoms. The van der Waals surface area contributed by atoms with Crippen molar-refractivity contribution in [1.82, 2.24) is 5.06 Å². The van der Waals surface area contributed by atoms with Gasteiger partial charge in [0.2, 0.25) is 0 Å². The largest absolute Gasteiger partial charge is 0.495 e. The smallest absolute Gasteiger partial charge is 0.437 e. The minimum Gasteiger partial charge on any atom is -0.437 e. The van der Waals surface area contributed by atoms with E-state index in [1.165, 1.54) is 0 Å². The van der Waals surface area contributed by atoms with E-state index in [1.54, 1.807) is 0 Å². The first-order valence-electron chi connectivity index (χ1n) is 8.16. The molecular weight excluding hydrogens is 346 g/mol. The van der Waals surface area contributed by atoms with Gasteiger partial charge in [-0.1, -0.05) is 13.8 Å². The van der Waals surface area contributed by atoms with Crippen LogP contribution in [0.5, 0.6) is 0 Å². The lowest BCUT2D eigenvalue weighted by molar-refractivity contribution is -0.0963. The van der Waals surface area contributed by atoms with Gasteiger partial charge in [0.25, 0.3) is 0 Å². The molecule has 0 rings (SSSR count). The molecule has 1 unspecified atom stereocenters. The van der Waals surface area contributed by atoms with Crippen LogP contribution >= 0.6 is 0 Å². The number of hydrogen-bond acceptors (Lipinski definition) is 5. The Hall–Kier alpha value is 0.668. The summed E-state index contributed by atoms with van der Waals surface area (Å²) in [5.41, 5.74) is 0. The molecule has 0 saturated carbocycles. The molecule has 0 aliphatic rings. The molecule has 0 N–H and O–H groups in total. The monoisotopic (exact) mass is 383 g/mol. The molecule has 22 heavy (non-hydrogen) atoms. The van der Waals surface area contributed by atoms with Gasteiger partial charge in [0.15, 0.2) is 16.6 Å². The van der Waals surface area contributed by atoms with Crippen LogP contribution in [0.3, 0.4) is 0 Å². The highest BCUT2D eigenvalue weighted by Gasteiger charge is 2.48. The SMILES string of the molecule is CCN(CC)O[Si](C)(O[Si](C)(C)C)O[Si](C)(C)O[Si](C)(C)C. The summed E-state index contributed by atoms with van der Waals surface area (Å²) in [5.74, 6) is 0. The summed E-state index contributed by atoms with van der Waals surface area (Å²) in [6.45, 7) is 25.0. The van der Waals surface area contributed by atoms with E-state index in [0.717, 1.165) is 13.1 Å². The summed E-state index contributed by atoms with van der Waals surface area (Å²) < 4.78 is 25.3. The molecule has 0 spiro atoms. The number of hydroxylamine groups is 2. The van der Waals surface area contributed by atoms with E-state index in [4.69, 9.17) is 16.9 Å². The second-order valence-electron chi connectivity index (χ2n) is 8.00. The molecule has 134 valence electrons. The summed E-state index contributed by atoms with van der Waals surface area (Å²) >= 11 is 0. The highest BCUT2D eigenvalue weighted by molar-refractivity contribution is 6.87. The molecular formula is C13H37NO4Si4. The van der Waals surface area contributed by atoms with Crippen LogP contribution in [0, 0.1) is 0 Å². The van der Waals surface area contributed by atoms with Gasteiger partial charge in [0, 0.05) is 19.6 Å². The summed E-state index contributed by atoms with van der Waals surface area (Å²) in [6.07, 6.45) is 0. The fraction of sp³-hybridized carbons (Fsp3) is 1.00. The molecule has 0 aliphatic carbocycles. The lowest BCUT2D eigenvalue weighted by atomic mass is 10.6. The molecule has 0 radical (unpaired) electrons. The Morgan fingerprint density at radius 2 is 1.05 bits per heavy atom. The third-order valence-electron chi connectivity index (χ3n) is 2.48. The van der Waals surface area contributed by atoms with Crippen LogP contribution in [-0.4, -0.2) is 52.2 Å². The second-order valence-corrected chi connectivity index (χ2v) is 23.6. The van der Waals surface area contributed by atoms with Gasteiger partial charge >= 0.3 is 17.4 Å². The molecule has 9 heteroatoms. The lowest BCUT2D eigenvalue weighted by Crippen LogP contribution is -2.60. The molecule has 0 aliphatic heterocycles. The molecule has 5 nitrogen and oxygen atoms in total. The van der Waals surface area contributed by atoms with E-state index < -0.39 is 34.0 Å². The predicted octanol–water partition coefficient (Wildman–Crippen LogP) is 4.25. The standard InChI is InChI=1S/C13H37NO4Si4/c1-12-14(13-2)15-22(11,17-20(6,7)8)18-21(9,10)16-19(3,4)5/h12-13H2,1-11H3. The van der Waals surface area contributed by atoms with Gasteiger partial charge in [-0.25, -0.2) is 0 Å². The zero-order valence-corrected chi connectivity index (χ0v) is 20.5. The van der Waals surface area contributed by atoms with E-state index in [-0.39, 0.29) is 0 Å². The normalized spacial score (nSPS) is 16.9. The Morgan fingerprint density at radius 3 is 1.36 bits per heavy atom. The molecule has 0 saturated heterocycles. The van der Waals surface area contributed by atoms with E-state index in [1.807, 2.05) is 11.6 Å². The fourth-order valence-corrected chi connectivity index (χ4v) is 18.4. The number of hydrogen-bond donors (Lipinski definition) is 0. The zero-order chi connectivity index (χ0) is 17.8. The number of nitrogens with zero attached hydrogens (tertiary/aromatic N) is 1. The average Bonchev–Trinajstić information content (AvgIpc) is 2.18. The average molecular weight is 384 g/mol. The Balaban J connectivity index is 5.23. The van der Waals surface area contributed by atoms with Crippen molar-refractivity contribution in [3.63, 3.8) is 0 Å². The third-order valence-corrected chi connectivity index (χ3v) is 14.9. The van der Waals surface area contributed by atoms with Crippen LogP contribution in [0.1, 0.15) is 13.8 Å². The molecule has 1 atom stereocenters. The van der Waals surface area contributed by atoms with Gasteiger partial charge in [-0.15, -0.1) is 0 Å². The first-order chi connectivity index (χ1) is 9.61. The molecule has 0 aromatic heterocycles. The van der Waals surface area contributed by atoms with Crippen molar-refractivity contribution in [2.75, 3.05) is 13.1 Å². The third kappa shape index (κ3) is 10.4. The van der Waals surface area contributed by atoms with Gasteiger partial charge < -0.3 is 12.3 Å². The number of rotatable bonds is 10. The Morgan fingerprint density at radius 1 is 0.636 bits per heavy atom. The van der Waals surface area contributed by atoms with Crippen LogP contribution in [0.2, 0.25) is 58.9 Å². The summed E-state index contributed by atoms with van der Waals surface area (Å²) in [5, 5.41) is 1.92. The maximum atomic E-state index is 6.45. The van der Waals surface area contributed by atoms with E-state index in [2.05, 4.69) is 66.2 Å². The van der Waals surface area contributed by atoms with Gasteiger partial charge in [0.05, 0.1) is 0 Å². The Bertz CT molecular complexity index is 340. The van der Waals surface area contributed by atoms with E-state index in [9.17, 15) is 0 Å². The zero-order valence-electron chi connectivity index (χ0n) is 16.5. The highest BCUT2D eigenvalue weighted by atomic mass is 28.5. The maximum absolute atomic E-state index is 6.45. The minimum absolute atomic E-state index is 0.814. The van der Waals surface area contributed by atoms with Crippen LogP contribution in [-0.2, 0) is 16.9 Å². The Labute approximate surface area is 142 Å². The molecule has 0 heterocycles. The molecule has 0 fully saturated rings. The second kappa shape index (κ2) is 8.17. The van der Waals surface area contributed by atoms with Crippen molar-refractivity contribution in [2.24, 2.45) is 0 Å². The van der Waals surface area contributed by atoms with Crippen molar-refractivity contribution in [3.05, 3.63) is 0 Å². The summed E-state index contributed by atoms with van der Waals surface area (Å²) in [7, 11) is -8.52. The van der Waals surface area contributed by atoms with Crippen molar-refractivity contribution < 1.29 is 16.9 Å². The summed E-state index contributed by atoms with van der Waals surface area (Å²) in [6, 6.07) is 0. The minimum atomic E-state index is -2.78. The van der Waals surface area contributed by atoms with Crippen molar-refractivity contribution in [1.29, 1.82) is 0 Å². The molecule has 0 amide bonds. The van der Waals surface area contributed by atoms with Crippen molar-refractivity contribution in [2.45, 2.75) is 72.8 Å². The molecule has 0 aromatic rings. The molecule has 0 aromatic carbocycles. The van der Waals surface area contributed by atoms with Gasteiger partial charge in [-0.3, -0.25) is 4.53 Å². The van der Waals surface area contributed by atoms with Crippen LogP contribution in [0.4, 0.5) is 0 Å². The maximum Gasteiger partial charge on any atom is 0.495 e. The van der Waals surface area contributed by atoms with Crippen LogP contribution in [0.15, 0.2) is 0 Å². The quantitative estimate of drug-likeness (QED) is 0.416. The summed E-state index contributed by atoms with van der Waals surface area (Å²) in [4.78, 5) is 0. The van der Waals surface area contributed by atoms with Crippen LogP contribution in [0.25, 0.3) is 0 Å². The van der Waals surface area contributed by atoms with Gasteiger partial charge in [0.1, 0.15) is 0 Å². The first-order valence-corrected chi connectivity index (χ1v) is 20.0. The first kappa shape index (κ1) is 22.7. The topological polar surface area (TPSA) is 40.2 Å². The Kier molecular flexibility index (Phi) is 8.41. The fourth-order valence-electron chi connectivity index (χ4n) is 2.41. The van der Waals surface area contributed by atoms with E-state index in [0.29, 0.717) is 0 Å². The van der Waals surface area contributed by atoms with Gasteiger partial charge in [-0.05, 0) is 52.4 Å². The van der Waals surface area contributed by atoms with Crippen LogP contribution < -0.4 is 0 Å².